The number of aliphatic hydroxyl groups excluding tert-OH is 1. The summed E-state index contributed by atoms with van der Waals surface area (Å²) < 4.78 is 0. The molecule has 0 bridgehead atoms. The predicted molar refractivity (Wildman–Crippen MR) is 58.4 cm³/mol. The number of aromatic amines is 1. The van der Waals surface area contributed by atoms with Gasteiger partial charge < -0.3 is 15.5 Å². The highest BCUT2D eigenvalue weighted by Crippen LogP contribution is 2.09. The summed E-state index contributed by atoms with van der Waals surface area (Å²) in [5, 5.41) is 26.3. The zero-order chi connectivity index (χ0) is 13.0. The van der Waals surface area contributed by atoms with Gasteiger partial charge in [0.1, 0.15) is 6.04 Å². The van der Waals surface area contributed by atoms with Crippen molar-refractivity contribution in [3.8, 4) is 0 Å². The number of carbonyl (C=O) groups is 2. The average molecular weight is 241 g/mol. The first-order valence-corrected chi connectivity index (χ1v) is 5.09. The Balaban J connectivity index is 2.64. The van der Waals surface area contributed by atoms with Gasteiger partial charge in [-0.1, -0.05) is 0 Å². The Morgan fingerprint density at radius 2 is 2.12 bits per heavy atom. The number of rotatable bonds is 5. The van der Waals surface area contributed by atoms with Crippen LogP contribution in [0.1, 0.15) is 17.0 Å². The third-order valence-corrected chi connectivity index (χ3v) is 2.43. The molecule has 0 aliphatic heterocycles. The fraction of sp³-hybridized carbons (Fsp3) is 0.500. The molecule has 0 fully saturated rings. The van der Waals surface area contributed by atoms with Gasteiger partial charge in [0.05, 0.1) is 18.7 Å². The highest BCUT2D eigenvalue weighted by molar-refractivity contribution is 5.85. The molecule has 1 heterocycles. The van der Waals surface area contributed by atoms with Crippen LogP contribution in [0, 0.1) is 13.8 Å². The van der Waals surface area contributed by atoms with Crippen LogP contribution >= 0.6 is 0 Å². The molecule has 0 aliphatic carbocycles. The Morgan fingerprint density at radius 1 is 1.47 bits per heavy atom. The van der Waals surface area contributed by atoms with E-state index in [-0.39, 0.29) is 6.42 Å². The lowest BCUT2D eigenvalue weighted by Gasteiger charge is -2.11. The van der Waals surface area contributed by atoms with Crippen molar-refractivity contribution in [2.75, 3.05) is 6.61 Å². The highest BCUT2D eigenvalue weighted by atomic mass is 16.4. The molecule has 1 atom stereocenters. The number of nitrogens with zero attached hydrogens (tertiary/aromatic N) is 1. The molecule has 1 unspecified atom stereocenters. The maximum Gasteiger partial charge on any atom is 0.328 e. The number of aliphatic hydroxyl groups is 1. The zero-order valence-corrected chi connectivity index (χ0v) is 9.65. The first-order valence-electron chi connectivity index (χ1n) is 5.09. The number of aliphatic carboxylic acids is 1. The molecule has 7 heteroatoms. The van der Waals surface area contributed by atoms with Crippen molar-refractivity contribution in [3.63, 3.8) is 0 Å². The summed E-state index contributed by atoms with van der Waals surface area (Å²) >= 11 is 0. The molecular formula is C10H15N3O4. The summed E-state index contributed by atoms with van der Waals surface area (Å²) in [4.78, 5) is 22.2. The molecule has 0 aromatic carbocycles. The van der Waals surface area contributed by atoms with E-state index in [2.05, 4.69) is 15.5 Å². The minimum Gasteiger partial charge on any atom is -0.480 e. The number of amides is 1. The van der Waals surface area contributed by atoms with E-state index < -0.39 is 24.5 Å². The van der Waals surface area contributed by atoms with Gasteiger partial charge in [-0.05, 0) is 13.8 Å². The number of hydrogen-bond acceptors (Lipinski definition) is 4. The van der Waals surface area contributed by atoms with Gasteiger partial charge in [0.2, 0.25) is 5.91 Å². The molecule has 0 aliphatic rings. The van der Waals surface area contributed by atoms with Crippen LogP contribution in [0.25, 0.3) is 0 Å². The molecule has 0 radical (unpaired) electrons. The van der Waals surface area contributed by atoms with Gasteiger partial charge in [0.25, 0.3) is 0 Å². The molecule has 1 aromatic rings. The molecule has 94 valence electrons. The van der Waals surface area contributed by atoms with Crippen LogP contribution in [0.2, 0.25) is 0 Å². The third-order valence-electron chi connectivity index (χ3n) is 2.43. The molecule has 7 nitrogen and oxygen atoms in total. The van der Waals surface area contributed by atoms with E-state index in [4.69, 9.17) is 10.2 Å². The van der Waals surface area contributed by atoms with Crippen LogP contribution < -0.4 is 5.32 Å². The molecule has 0 saturated heterocycles. The molecule has 1 amide bonds. The predicted octanol–water partition coefficient (Wildman–Crippen LogP) is -0.869. The van der Waals surface area contributed by atoms with Gasteiger partial charge in [-0.2, -0.15) is 5.10 Å². The van der Waals surface area contributed by atoms with Crippen molar-refractivity contribution < 1.29 is 19.8 Å². The Morgan fingerprint density at radius 3 is 2.53 bits per heavy atom. The standard InChI is InChI=1S/C10H15N3O4/c1-5-7(6(2)13-12-5)3-9(15)11-8(4-14)10(16)17/h8,14H,3-4H2,1-2H3,(H,11,15)(H,12,13)(H,16,17). The fourth-order valence-electron chi connectivity index (χ4n) is 1.43. The monoisotopic (exact) mass is 241 g/mol. The first kappa shape index (κ1) is 13.2. The van der Waals surface area contributed by atoms with E-state index in [1.165, 1.54) is 0 Å². The van der Waals surface area contributed by atoms with Gasteiger partial charge in [-0.3, -0.25) is 9.89 Å². The van der Waals surface area contributed by atoms with Crippen molar-refractivity contribution >= 4 is 11.9 Å². The molecule has 1 aromatic heterocycles. The average Bonchev–Trinajstić information content (AvgIpc) is 2.57. The zero-order valence-electron chi connectivity index (χ0n) is 9.65. The summed E-state index contributed by atoms with van der Waals surface area (Å²) in [6.45, 7) is 2.90. The second-order valence-electron chi connectivity index (χ2n) is 3.73. The molecule has 0 spiro atoms. The normalized spacial score (nSPS) is 12.2. The lowest BCUT2D eigenvalue weighted by Crippen LogP contribution is -2.44. The van der Waals surface area contributed by atoms with Crippen molar-refractivity contribution in [2.45, 2.75) is 26.3 Å². The summed E-state index contributed by atoms with van der Waals surface area (Å²) in [5.41, 5.74) is 2.21. The molecule has 4 N–H and O–H groups in total. The number of carboxylic acids is 1. The van der Waals surface area contributed by atoms with Crippen molar-refractivity contribution in [1.82, 2.24) is 15.5 Å². The van der Waals surface area contributed by atoms with E-state index in [0.717, 1.165) is 11.3 Å². The SMILES string of the molecule is Cc1n[nH]c(C)c1CC(=O)NC(CO)C(=O)O. The molecule has 0 saturated carbocycles. The van der Waals surface area contributed by atoms with Crippen LogP contribution in [-0.2, 0) is 16.0 Å². The van der Waals surface area contributed by atoms with Crippen molar-refractivity contribution in [3.05, 3.63) is 17.0 Å². The number of hydrogen-bond donors (Lipinski definition) is 4. The van der Waals surface area contributed by atoms with Crippen LogP contribution in [0.4, 0.5) is 0 Å². The van der Waals surface area contributed by atoms with E-state index in [1.54, 1.807) is 13.8 Å². The number of nitrogens with one attached hydrogen (secondary N) is 2. The second kappa shape index (κ2) is 5.44. The minimum absolute atomic E-state index is 0.0396. The summed E-state index contributed by atoms with van der Waals surface area (Å²) in [7, 11) is 0. The van der Waals surface area contributed by atoms with Gasteiger partial charge >= 0.3 is 5.97 Å². The smallest absolute Gasteiger partial charge is 0.328 e. The summed E-state index contributed by atoms with van der Waals surface area (Å²) in [6.07, 6.45) is 0.0396. The summed E-state index contributed by atoms with van der Waals surface area (Å²) in [6, 6.07) is -1.27. The Kier molecular flexibility index (Phi) is 4.22. The van der Waals surface area contributed by atoms with Gasteiger partial charge in [0, 0.05) is 11.3 Å². The van der Waals surface area contributed by atoms with Gasteiger partial charge in [0.15, 0.2) is 0 Å². The molecule has 1 rings (SSSR count). The lowest BCUT2D eigenvalue weighted by atomic mass is 10.1. The maximum absolute atomic E-state index is 11.6. The quantitative estimate of drug-likeness (QED) is 0.535. The Hall–Kier alpha value is -1.89. The van der Waals surface area contributed by atoms with Crippen molar-refractivity contribution in [1.29, 1.82) is 0 Å². The first-order chi connectivity index (χ1) is 7.95. The van der Waals surface area contributed by atoms with Crippen LogP contribution in [0.5, 0.6) is 0 Å². The molecular weight excluding hydrogens is 226 g/mol. The van der Waals surface area contributed by atoms with Gasteiger partial charge in [-0.25, -0.2) is 4.79 Å². The van der Waals surface area contributed by atoms with E-state index in [0.29, 0.717) is 5.69 Å². The molecule has 17 heavy (non-hydrogen) atoms. The van der Waals surface area contributed by atoms with Crippen LogP contribution in [-0.4, -0.2) is 44.9 Å². The van der Waals surface area contributed by atoms with E-state index >= 15 is 0 Å². The lowest BCUT2D eigenvalue weighted by molar-refractivity contribution is -0.142. The number of carbonyl (C=O) groups excluding carboxylic acids is 1. The van der Waals surface area contributed by atoms with E-state index in [9.17, 15) is 9.59 Å². The van der Waals surface area contributed by atoms with Crippen molar-refractivity contribution in [2.24, 2.45) is 0 Å². The summed E-state index contributed by atoms with van der Waals surface area (Å²) in [5.74, 6) is -1.72. The maximum atomic E-state index is 11.6. The number of aryl methyl sites for hydroxylation is 2. The largest absolute Gasteiger partial charge is 0.480 e. The number of aromatic nitrogens is 2. The highest BCUT2D eigenvalue weighted by Gasteiger charge is 2.20. The third kappa shape index (κ3) is 3.28. The van der Waals surface area contributed by atoms with E-state index in [1.807, 2.05) is 0 Å². The topological polar surface area (TPSA) is 115 Å². The minimum atomic E-state index is -1.27. The van der Waals surface area contributed by atoms with Crippen LogP contribution in [0.15, 0.2) is 0 Å². The number of H-pyrrole nitrogens is 1. The Labute approximate surface area is 97.8 Å². The second-order valence-corrected chi connectivity index (χ2v) is 3.73. The number of carboxylic acid groups (broad SMARTS) is 1. The Bertz CT molecular complexity index is 408. The van der Waals surface area contributed by atoms with Crippen LogP contribution in [0.3, 0.4) is 0 Å². The van der Waals surface area contributed by atoms with Gasteiger partial charge in [-0.15, -0.1) is 0 Å². The fourth-order valence-corrected chi connectivity index (χ4v) is 1.43.